The smallest absolute Gasteiger partial charge is 0.100 e. The van der Waals surface area contributed by atoms with Gasteiger partial charge < -0.3 is 15.3 Å². The zero-order valence-electron chi connectivity index (χ0n) is 7.58. The third-order valence-electron chi connectivity index (χ3n) is 1.92. The van der Waals surface area contributed by atoms with Gasteiger partial charge in [-0.3, -0.25) is 0 Å². The molecule has 0 unspecified atom stereocenters. The van der Waals surface area contributed by atoms with Crippen molar-refractivity contribution in [2.45, 2.75) is 44.6 Å². The SMILES string of the molecule is C1CCCCC1.OCC(O)CO. The molecule has 0 spiro atoms. The van der Waals surface area contributed by atoms with Crippen molar-refractivity contribution in [1.82, 2.24) is 0 Å². The first-order chi connectivity index (χ1) is 5.81. The molecule has 0 aromatic heterocycles. The number of aliphatic hydroxyl groups excluding tert-OH is 3. The van der Waals surface area contributed by atoms with Crippen molar-refractivity contribution in [3.05, 3.63) is 0 Å². The molecule has 1 fully saturated rings. The van der Waals surface area contributed by atoms with Crippen molar-refractivity contribution >= 4 is 0 Å². The molecule has 0 aromatic carbocycles. The summed E-state index contributed by atoms with van der Waals surface area (Å²) < 4.78 is 0. The first-order valence-electron chi connectivity index (χ1n) is 4.71. The van der Waals surface area contributed by atoms with Gasteiger partial charge in [-0.2, -0.15) is 0 Å². The summed E-state index contributed by atoms with van der Waals surface area (Å²) in [7, 11) is 0. The largest absolute Gasteiger partial charge is 0.394 e. The minimum Gasteiger partial charge on any atom is -0.394 e. The lowest BCUT2D eigenvalue weighted by molar-refractivity contribution is 0.0450. The van der Waals surface area contributed by atoms with Gasteiger partial charge in [0.05, 0.1) is 13.2 Å². The highest BCUT2D eigenvalue weighted by Crippen LogP contribution is 2.15. The molecule has 3 heteroatoms. The molecule has 12 heavy (non-hydrogen) atoms. The standard InChI is InChI=1S/C6H12.C3H8O3/c1-2-4-6-5-3-1;4-1-3(6)2-5/h1-6H2;3-6H,1-2H2. The Morgan fingerprint density at radius 2 is 1.00 bits per heavy atom. The summed E-state index contributed by atoms with van der Waals surface area (Å²) in [5, 5.41) is 24.0. The molecule has 0 heterocycles. The van der Waals surface area contributed by atoms with Crippen molar-refractivity contribution in [2.24, 2.45) is 0 Å². The van der Waals surface area contributed by atoms with Crippen molar-refractivity contribution in [2.75, 3.05) is 13.2 Å². The van der Waals surface area contributed by atoms with E-state index in [9.17, 15) is 0 Å². The number of hydrogen-bond acceptors (Lipinski definition) is 3. The third kappa shape index (κ3) is 7.98. The van der Waals surface area contributed by atoms with Crippen molar-refractivity contribution in [1.29, 1.82) is 0 Å². The molecule has 0 atom stereocenters. The Bertz CT molecular complexity index is 66.3. The van der Waals surface area contributed by atoms with E-state index in [1.807, 2.05) is 0 Å². The van der Waals surface area contributed by atoms with Crippen LogP contribution in [0.2, 0.25) is 0 Å². The maximum atomic E-state index is 8.17. The van der Waals surface area contributed by atoms with Crippen LogP contribution in [-0.4, -0.2) is 34.6 Å². The van der Waals surface area contributed by atoms with Crippen LogP contribution in [0.25, 0.3) is 0 Å². The van der Waals surface area contributed by atoms with Crippen LogP contribution in [0.1, 0.15) is 38.5 Å². The van der Waals surface area contributed by atoms with Crippen LogP contribution in [0.3, 0.4) is 0 Å². The predicted octanol–water partition coefficient (Wildman–Crippen LogP) is 0.672. The fourth-order valence-electron chi connectivity index (χ4n) is 1.12. The molecule has 1 aliphatic rings. The van der Waals surface area contributed by atoms with Crippen molar-refractivity contribution in [3.63, 3.8) is 0 Å². The summed E-state index contributed by atoms with van der Waals surface area (Å²) in [5.41, 5.74) is 0. The second-order valence-electron chi connectivity index (χ2n) is 3.14. The number of hydrogen-bond donors (Lipinski definition) is 3. The summed E-state index contributed by atoms with van der Waals surface area (Å²) in [5.74, 6) is 0. The van der Waals surface area contributed by atoms with Crippen LogP contribution in [0, 0.1) is 0 Å². The molecule has 1 aliphatic carbocycles. The molecule has 1 rings (SSSR count). The Morgan fingerprint density at radius 3 is 1.08 bits per heavy atom. The molecule has 3 nitrogen and oxygen atoms in total. The summed E-state index contributed by atoms with van der Waals surface area (Å²) in [4.78, 5) is 0. The Kier molecular flexibility index (Phi) is 8.88. The summed E-state index contributed by atoms with van der Waals surface area (Å²) in [6.07, 6.45) is 8.05. The Balaban J connectivity index is 0.000000202. The molecule has 0 saturated heterocycles. The Hall–Kier alpha value is -0.120. The average Bonchev–Trinajstić information content (AvgIpc) is 2.20. The van der Waals surface area contributed by atoms with E-state index < -0.39 is 6.10 Å². The zero-order valence-corrected chi connectivity index (χ0v) is 7.58. The van der Waals surface area contributed by atoms with Gasteiger partial charge in [0, 0.05) is 0 Å². The quantitative estimate of drug-likeness (QED) is 0.579. The highest BCUT2D eigenvalue weighted by molar-refractivity contribution is 4.51. The van der Waals surface area contributed by atoms with E-state index in [1.165, 1.54) is 38.5 Å². The minimum absolute atomic E-state index is 0.365. The van der Waals surface area contributed by atoms with Gasteiger partial charge in [-0.15, -0.1) is 0 Å². The molecular formula is C9H20O3. The van der Waals surface area contributed by atoms with E-state index in [2.05, 4.69) is 0 Å². The molecule has 0 aliphatic heterocycles. The van der Waals surface area contributed by atoms with Crippen LogP contribution >= 0.6 is 0 Å². The minimum atomic E-state index is -0.954. The first kappa shape index (κ1) is 11.9. The van der Waals surface area contributed by atoms with Gasteiger partial charge in [0.15, 0.2) is 0 Å². The van der Waals surface area contributed by atoms with Gasteiger partial charge >= 0.3 is 0 Å². The van der Waals surface area contributed by atoms with Gasteiger partial charge in [0.25, 0.3) is 0 Å². The predicted molar refractivity (Wildman–Crippen MR) is 47.9 cm³/mol. The van der Waals surface area contributed by atoms with Crippen molar-refractivity contribution < 1.29 is 15.3 Å². The lowest BCUT2D eigenvalue weighted by atomic mass is 10.0. The van der Waals surface area contributed by atoms with Crippen LogP contribution < -0.4 is 0 Å². The fourth-order valence-corrected chi connectivity index (χ4v) is 1.12. The van der Waals surface area contributed by atoms with E-state index in [0.717, 1.165) is 0 Å². The molecule has 3 N–H and O–H groups in total. The zero-order chi connectivity index (χ0) is 9.23. The Morgan fingerprint density at radius 1 is 0.750 bits per heavy atom. The number of rotatable bonds is 2. The van der Waals surface area contributed by atoms with E-state index in [-0.39, 0.29) is 13.2 Å². The topological polar surface area (TPSA) is 60.7 Å². The highest BCUT2D eigenvalue weighted by atomic mass is 16.3. The molecule has 0 bridgehead atoms. The van der Waals surface area contributed by atoms with E-state index in [0.29, 0.717) is 0 Å². The first-order valence-corrected chi connectivity index (χ1v) is 4.71. The van der Waals surface area contributed by atoms with Crippen molar-refractivity contribution in [3.8, 4) is 0 Å². The van der Waals surface area contributed by atoms with Gasteiger partial charge in [-0.25, -0.2) is 0 Å². The van der Waals surface area contributed by atoms with Gasteiger partial charge in [-0.1, -0.05) is 38.5 Å². The summed E-state index contributed by atoms with van der Waals surface area (Å²) >= 11 is 0. The normalized spacial score (nSPS) is 17.0. The number of aliphatic hydroxyl groups is 3. The second-order valence-corrected chi connectivity index (χ2v) is 3.14. The van der Waals surface area contributed by atoms with Gasteiger partial charge in [0.2, 0.25) is 0 Å². The van der Waals surface area contributed by atoms with Crippen LogP contribution in [0.4, 0.5) is 0 Å². The maximum Gasteiger partial charge on any atom is 0.100 e. The Labute approximate surface area is 74.0 Å². The lowest BCUT2D eigenvalue weighted by Gasteiger charge is -2.05. The highest BCUT2D eigenvalue weighted by Gasteiger charge is 1.95. The molecule has 74 valence electrons. The molecule has 1 saturated carbocycles. The van der Waals surface area contributed by atoms with E-state index in [4.69, 9.17) is 15.3 Å². The monoisotopic (exact) mass is 176 g/mol. The van der Waals surface area contributed by atoms with Gasteiger partial charge in [0.1, 0.15) is 6.10 Å². The van der Waals surface area contributed by atoms with Crippen LogP contribution in [-0.2, 0) is 0 Å². The summed E-state index contributed by atoms with van der Waals surface area (Å²) in [6, 6.07) is 0. The molecular weight excluding hydrogens is 156 g/mol. The molecule has 0 aromatic rings. The molecule has 0 amide bonds. The lowest BCUT2D eigenvalue weighted by Crippen LogP contribution is -2.15. The van der Waals surface area contributed by atoms with E-state index >= 15 is 0 Å². The molecule has 0 radical (unpaired) electrons. The third-order valence-corrected chi connectivity index (χ3v) is 1.92. The van der Waals surface area contributed by atoms with Crippen LogP contribution in [0.5, 0.6) is 0 Å². The average molecular weight is 176 g/mol. The second kappa shape index (κ2) is 8.97. The van der Waals surface area contributed by atoms with Gasteiger partial charge in [-0.05, 0) is 0 Å². The van der Waals surface area contributed by atoms with Crippen LogP contribution in [0.15, 0.2) is 0 Å². The summed E-state index contributed by atoms with van der Waals surface area (Å²) in [6.45, 7) is -0.729. The fraction of sp³-hybridized carbons (Fsp3) is 1.00. The van der Waals surface area contributed by atoms with E-state index in [1.54, 1.807) is 0 Å². The maximum absolute atomic E-state index is 8.17.